The summed E-state index contributed by atoms with van der Waals surface area (Å²) in [5, 5.41) is 3.96. The van der Waals surface area contributed by atoms with E-state index in [-0.39, 0.29) is 0 Å². The van der Waals surface area contributed by atoms with Crippen LogP contribution in [0.2, 0.25) is 5.02 Å². The Kier molecular flexibility index (Phi) is 3.59. The summed E-state index contributed by atoms with van der Waals surface area (Å²) in [7, 11) is 0. The van der Waals surface area contributed by atoms with Gasteiger partial charge in [-0.2, -0.15) is 0 Å². The zero-order chi connectivity index (χ0) is 10.5. The summed E-state index contributed by atoms with van der Waals surface area (Å²) in [5.74, 6) is 0. The summed E-state index contributed by atoms with van der Waals surface area (Å²) in [4.78, 5) is 7.01. The summed E-state index contributed by atoms with van der Waals surface area (Å²) in [6, 6.07) is 5.56. The first-order valence-electron chi connectivity index (χ1n) is 5.15. The maximum atomic E-state index is 5.73. The first-order valence-corrected chi connectivity index (χ1v) is 5.53. The van der Waals surface area contributed by atoms with Gasteiger partial charge in [-0.05, 0) is 44.1 Å². The molecule has 0 unspecified atom stereocenters. The normalized spacial score (nSPS) is 15.0. The minimum atomic E-state index is 0.733. The van der Waals surface area contributed by atoms with Crippen molar-refractivity contribution in [2.24, 2.45) is 0 Å². The van der Waals surface area contributed by atoms with Crippen molar-refractivity contribution in [2.45, 2.75) is 12.8 Å². The van der Waals surface area contributed by atoms with E-state index >= 15 is 0 Å². The average molecular weight is 224 g/mol. The fourth-order valence-corrected chi connectivity index (χ4v) is 1.70. The number of aromatic amines is 1. The lowest BCUT2D eigenvalue weighted by atomic mass is 10.3. The number of hydrogen-bond donors (Lipinski definition) is 2. The van der Waals surface area contributed by atoms with Crippen LogP contribution in [-0.2, 0) is 0 Å². The lowest BCUT2D eigenvalue weighted by Crippen LogP contribution is -2.03. The van der Waals surface area contributed by atoms with Gasteiger partial charge < -0.3 is 10.3 Å². The predicted octanol–water partition coefficient (Wildman–Crippen LogP) is 2.59. The molecule has 1 aromatic heterocycles. The second kappa shape index (κ2) is 5.14. The van der Waals surface area contributed by atoms with Gasteiger partial charge in [0.05, 0.1) is 17.4 Å². The van der Waals surface area contributed by atoms with Crippen molar-refractivity contribution in [2.75, 3.05) is 13.1 Å². The van der Waals surface area contributed by atoms with E-state index in [0.29, 0.717) is 0 Å². The number of halogens is 1. The van der Waals surface area contributed by atoms with E-state index in [2.05, 4.69) is 15.3 Å². The average Bonchev–Trinajstić information content (AvgIpc) is 2.91. The highest BCUT2D eigenvalue weighted by molar-refractivity contribution is 6.31. The lowest BCUT2D eigenvalue weighted by molar-refractivity contribution is 0.857. The van der Waals surface area contributed by atoms with E-state index in [1.807, 2.05) is 18.2 Å². The van der Waals surface area contributed by atoms with E-state index in [0.717, 1.165) is 16.1 Å². The SMILES string of the molecule is C1CCNC1.Clc1ccc2nc[nH]c2c1. The minimum Gasteiger partial charge on any atom is -0.345 e. The minimum absolute atomic E-state index is 0.733. The number of nitrogens with one attached hydrogen (secondary N) is 2. The Morgan fingerprint density at radius 1 is 1.20 bits per heavy atom. The quantitative estimate of drug-likeness (QED) is 0.721. The summed E-state index contributed by atoms with van der Waals surface area (Å²) in [5.41, 5.74) is 1.93. The summed E-state index contributed by atoms with van der Waals surface area (Å²) < 4.78 is 0. The zero-order valence-electron chi connectivity index (χ0n) is 8.46. The maximum Gasteiger partial charge on any atom is 0.0931 e. The van der Waals surface area contributed by atoms with E-state index in [4.69, 9.17) is 11.6 Å². The molecule has 0 amide bonds. The number of H-pyrrole nitrogens is 1. The van der Waals surface area contributed by atoms with Crippen LogP contribution in [0.25, 0.3) is 11.0 Å². The number of aromatic nitrogens is 2. The first-order chi connectivity index (χ1) is 7.36. The molecule has 2 N–H and O–H groups in total. The standard InChI is InChI=1S/C7H5ClN2.C4H9N/c8-5-1-2-6-7(3-5)10-4-9-6;1-2-4-5-3-1/h1-4H,(H,9,10);5H,1-4H2. The predicted molar refractivity (Wildman–Crippen MR) is 63.2 cm³/mol. The molecule has 0 radical (unpaired) electrons. The molecule has 0 spiro atoms. The third kappa shape index (κ3) is 2.94. The fraction of sp³-hybridized carbons (Fsp3) is 0.364. The van der Waals surface area contributed by atoms with Gasteiger partial charge in [0.1, 0.15) is 0 Å². The Labute approximate surface area is 93.9 Å². The topological polar surface area (TPSA) is 40.7 Å². The highest BCUT2D eigenvalue weighted by atomic mass is 35.5. The molecule has 0 saturated carbocycles. The van der Waals surface area contributed by atoms with Gasteiger partial charge in [-0.25, -0.2) is 4.98 Å². The van der Waals surface area contributed by atoms with Gasteiger partial charge >= 0.3 is 0 Å². The highest BCUT2D eigenvalue weighted by Gasteiger charge is 1.94. The lowest BCUT2D eigenvalue weighted by Gasteiger charge is -1.87. The first kappa shape index (κ1) is 10.5. The van der Waals surface area contributed by atoms with Gasteiger partial charge in [0.15, 0.2) is 0 Å². The number of rotatable bonds is 0. The molecule has 3 rings (SSSR count). The van der Waals surface area contributed by atoms with Crippen molar-refractivity contribution in [1.29, 1.82) is 0 Å². The molecule has 1 fully saturated rings. The van der Waals surface area contributed by atoms with Crippen molar-refractivity contribution in [3.63, 3.8) is 0 Å². The van der Waals surface area contributed by atoms with Crippen molar-refractivity contribution in [3.8, 4) is 0 Å². The molecule has 15 heavy (non-hydrogen) atoms. The number of fused-ring (bicyclic) bond motifs is 1. The third-order valence-electron chi connectivity index (χ3n) is 2.34. The van der Waals surface area contributed by atoms with Crippen LogP contribution in [-0.4, -0.2) is 23.1 Å². The van der Waals surface area contributed by atoms with Gasteiger partial charge in [0.25, 0.3) is 0 Å². The molecular formula is C11H14ClN3. The zero-order valence-corrected chi connectivity index (χ0v) is 9.22. The molecule has 0 bridgehead atoms. The molecule has 4 heteroatoms. The van der Waals surface area contributed by atoms with Crippen LogP contribution in [0.4, 0.5) is 0 Å². The smallest absolute Gasteiger partial charge is 0.0931 e. The second-order valence-electron chi connectivity index (χ2n) is 3.52. The summed E-state index contributed by atoms with van der Waals surface area (Å²) in [6.07, 6.45) is 4.43. The molecule has 1 aromatic carbocycles. The van der Waals surface area contributed by atoms with Gasteiger partial charge in [-0.15, -0.1) is 0 Å². The third-order valence-corrected chi connectivity index (χ3v) is 2.57. The van der Waals surface area contributed by atoms with Crippen molar-refractivity contribution in [1.82, 2.24) is 15.3 Å². The van der Waals surface area contributed by atoms with Crippen molar-refractivity contribution < 1.29 is 0 Å². The molecule has 2 heterocycles. The monoisotopic (exact) mass is 223 g/mol. The molecule has 1 aliphatic rings. The van der Waals surface area contributed by atoms with Gasteiger partial charge in [0.2, 0.25) is 0 Å². The van der Waals surface area contributed by atoms with Crippen LogP contribution in [0, 0.1) is 0 Å². The number of nitrogens with zero attached hydrogens (tertiary/aromatic N) is 1. The summed E-state index contributed by atoms with van der Waals surface area (Å²) >= 11 is 5.73. The Morgan fingerprint density at radius 3 is 2.67 bits per heavy atom. The van der Waals surface area contributed by atoms with Crippen LogP contribution in [0.3, 0.4) is 0 Å². The molecule has 80 valence electrons. The van der Waals surface area contributed by atoms with Crippen LogP contribution in [0.1, 0.15) is 12.8 Å². The van der Waals surface area contributed by atoms with Gasteiger partial charge in [-0.3, -0.25) is 0 Å². The molecule has 0 atom stereocenters. The number of benzene rings is 1. The van der Waals surface area contributed by atoms with Crippen LogP contribution in [0.5, 0.6) is 0 Å². The molecule has 1 aliphatic heterocycles. The van der Waals surface area contributed by atoms with Gasteiger partial charge in [-0.1, -0.05) is 11.6 Å². The Bertz CT molecular complexity index is 413. The van der Waals surface area contributed by atoms with Crippen molar-refractivity contribution >= 4 is 22.6 Å². The van der Waals surface area contributed by atoms with Crippen molar-refractivity contribution in [3.05, 3.63) is 29.5 Å². The molecule has 0 aliphatic carbocycles. The van der Waals surface area contributed by atoms with E-state index in [1.54, 1.807) is 6.33 Å². The molecule has 3 nitrogen and oxygen atoms in total. The summed E-state index contributed by atoms with van der Waals surface area (Å²) in [6.45, 7) is 2.50. The Morgan fingerprint density at radius 2 is 2.00 bits per heavy atom. The molecule has 1 saturated heterocycles. The van der Waals surface area contributed by atoms with E-state index in [9.17, 15) is 0 Å². The second-order valence-corrected chi connectivity index (χ2v) is 3.96. The fourth-order valence-electron chi connectivity index (χ4n) is 1.53. The van der Waals surface area contributed by atoms with Gasteiger partial charge in [0, 0.05) is 5.02 Å². The number of imidazole rings is 1. The van der Waals surface area contributed by atoms with E-state index in [1.165, 1.54) is 25.9 Å². The van der Waals surface area contributed by atoms with Crippen LogP contribution >= 0.6 is 11.6 Å². The number of hydrogen-bond acceptors (Lipinski definition) is 2. The maximum absolute atomic E-state index is 5.73. The molecular weight excluding hydrogens is 210 g/mol. The highest BCUT2D eigenvalue weighted by Crippen LogP contribution is 2.14. The Hall–Kier alpha value is -1.06. The van der Waals surface area contributed by atoms with E-state index < -0.39 is 0 Å². The molecule has 2 aromatic rings. The van der Waals surface area contributed by atoms with Crippen LogP contribution in [0.15, 0.2) is 24.5 Å². The van der Waals surface area contributed by atoms with Crippen LogP contribution < -0.4 is 5.32 Å². The Balaban J connectivity index is 0.000000144. The largest absolute Gasteiger partial charge is 0.345 e.